The van der Waals surface area contributed by atoms with E-state index in [2.05, 4.69) is 29.4 Å². The molecule has 0 fully saturated rings. The van der Waals surface area contributed by atoms with Crippen LogP contribution in [0.25, 0.3) is 0 Å². The van der Waals surface area contributed by atoms with Crippen molar-refractivity contribution in [1.82, 2.24) is 10.2 Å². The maximum absolute atomic E-state index is 13.4. The van der Waals surface area contributed by atoms with E-state index >= 15 is 0 Å². The van der Waals surface area contributed by atoms with Crippen LogP contribution in [0.4, 0.5) is 10.8 Å². The van der Waals surface area contributed by atoms with Gasteiger partial charge in [0.15, 0.2) is 4.34 Å². The average molecular weight is 493 g/mol. The van der Waals surface area contributed by atoms with E-state index in [9.17, 15) is 13.2 Å². The van der Waals surface area contributed by atoms with Crippen molar-refractivity contribution in [2.75, 3.05) is 29.0 Å². The van der Waals surface area contributed by atoms with Crippen molar-refractivity contribution in [1.29, 1.82) is 0 Å². The Kier molecular flexibility index (Phi) is 8.10. The molecule has 32 heavy (non-hydrogen) atoms. The Hall–Kier alpha value is -2.63. The summed E-state index contributed by atoms with van der Waals surface area (Å²) in [5.74, 6) is 1.19. The Bertz CT molecular complexity index is 1150. The van der Waals surface area contributed by atoms with Crippen LogP contribution in [0.3, 0.4) is 0 Å². The van der Waals surface area contributed by atoms with Crippen molar-refractivity contribution in [2.45, 2.75) is 23.1 Å². The quantitative estimate of drug-likeness (QED) is 0.335. The summed E-state index contributed by atoms with van der Waals surface area (Å²) in [6.45, 7) is 3.76. The van der Waals surface area contributed by atoms with Gasteiger partial charge < -0.3 is 4.74 Å². The van der Waals surface area contributed by atoms with Gasteiger partial charge >= 0.3 is 0 Å². The Morgan fingerprint density at radius 2 is 1.81 bits per heavy atom. The van der Waals surface area contributed by atoms with E-state index in [1.807, 2.05) is 0 Å². The third-order valence-electron chi connectivity index (χ3n) is 4.17. The molecule has 1 aromatic heterocycles. The second-order valence-electron chi connectivity index (χ2n) is 7.12. The molecule has 0 saturated heterocycles. The lowest BCUT2D eigenvalue weighted by atomic mass is 10.3. The summed E-state index contributed by atoms with van der Waals surface area (Å²) in [6, 6.07) is 14.6. The number of para-hydroxylation sites is 2. The van der Waals surface area contributed by atoms with Crippen LogP contribution in [0, 0.1) is 5.92 Å². The SMILES string of the molecule is COc1ccccc1N(CC(=O)Nc1nnc(SCC(C)C)s1)S(=O)(=O)c1ccccc1. The van der Waals surface area contributed by atoms with Crippen LogP contribution in [0.1, 0.15) is 13.8 Å². The molecule has 0 spiro atoms. The van der Waals surface area contributed by atoms with E-state index in [4.69, 9.17) is 4.74 Å². The summed E-state index contributed by atoms with van der Waals surface area (Å²) in [4.78, 5) is 12.9. The first-order valence-corrected chi connectivity index (χ1v) is 13.0. The van der Waals surface area contributed by atoms with Crippen molar-refractivity contribution in [3.05, 3.63) is 54.6 Å². The summed E-state index contributed by atoms with van der Waals surface area (Å²) in [7, 11) is -2.58. The number of amides is 1. The molecule has 0 radical (unpaired) electrons. The topological polar surface area (TPSA) is 101 Å². The van der Waals surface area contributed by atoms with Gasteiger partial charge in [0.1, 0.15) is 12.3 Å². The largest absolute Gasteiger partial charge is 0.495 e. The number of nitrogens with zero attached hydrogens (tertiary/aromatic N) is 3. The summed E-state index contributed by atoms with van der Waals surface area (Å²) in [6.07, 6.45) is 0. The number of hydrogen-bond donors (Lipinski definition) is 1. The minimum Gasteiger partial charge on any atom is -0.495 e. The Balaban J connectivity index is 1.85. The van der Waals surface area contributed by atoms with Crippen LogP contribution in [0.15, 0.2) is 63.8 Å². The van der Waals surface area contributed by atoms with Gasteiger partial charge in [-0.05, 0) is 30.2 Å². The summed E-state index contributed by atoms with van der Waals surface area (Å²) in [5, 5.41) is 11.0. The first kappa shape index (κ1) is 24.0. The number of thioether (sulfide) groups is 1. The normalized spacial score (nSPS) is 11.4. The molecule has 1 amide bonds. The minimum atomic E-state index is -4.03. The van der Waals surface area contributed by atoms with Crippen LogP contribution in [-0.4, -0.2) is 43.9 Å². The molecular weight excluding hydrogens is 468 g/mol. The molecule has 11 heteroatoms. The molecule has 0 saturated carbocycles. The molecule has 3 rings (SSSR count). The summed E-state index contributed by atoms with van der Waals surface area (Å²) in [5.41, 5.74) is 0.263. The molecule has 2 aromatic carbocycles. The number of rotatable bonds is 10. The molecular formula is C21H24N4O4S3. The highest BCUT2D eigenvalue weighted by atomic mass is 32.2. The molecule has 0 aliphatic heterocycles. The molecule has 1 heterocycles. The zero-order chi connectivity index (χ0) is 23.1. The fourth-order valence-corrected chi connectivity index (χ4v) is 5.90. The van der Waals surface area contributed by atoms with Gasteiger partial charge in [0, 0.05) is 5.75 Å². The summed E-state index contributed by atoms with van der Waals surface area (Å²) < 4.78 is 33.9. The van der Waals surface area contributed by atoms with Crippen molar-refractivity contribution < 1.29 is 17.9 Å². The van der Waals surface area contributed by atoms with Gasteiger partial charge in [-0.25, -0.2) is 8.42 Å². The molecule has 0 atom stereocenters. The zero-order valence-electron chi connectivity index (χ0n) is 17.9. The van der Waals surface area contributed by atoms with Crippen molar-refractivity contribution in [3.8, 4) is 5.75 Å². The predicted molar refractivity (Wildman–Crippen MR) is 128 cm³/mol. The van der Waals surface area contributed by atoms with E-state index in [0.29, 0.717) is 16.8 Å². The first-order valence-electron chi connectivity index (χ1n) is 9.78. The van der Waals surface area contributed by atoms with Crippen LogP contribution < -0.4 is 14.4 Å². The van der Waals surface area contributed by atoms with Crippen molar-refractivity contribution >= 4 is 49.8 Å². The first-order chi connectivity index (χ1) is 15.3. The Morgan fingerprint density at radius 1 is 1.12 bits per heavy atom. The molecule has 3 aromatic rings. The van der Waals surface area contributed by atoms with Gasteiger partial charge in [-0.2, -0.15) is 0 Å². The molecule has 8 nitrogen and oxygen atoms in total. The Labute approximate surface area is 196 Å². The predicted octanol–water partition coefficient (Wildman–Crippen LogP) is 4.13. The molecule has 0 aliphatic rings. The summed E-state index contributed by atoms with van der Waals surface area (Å²) >= 11 is 2.82. The van der Waals surface area contributed by atoms with Crippen LogP contribution in [-0.2, 0) is 14.8 Å². The second-order valence-corrected chi connectivity index (χ2v) is 11.2. The third-order valence-corrected chi connectivity index (χ3v) is 8.34. The van der Waals surface area contributed by atoms with Gasteiger partial charge in [-0.3, -0.25) is 14.4 Å². The molecule has 0 aliphatic carbocycles. The number of hydrogen-bond acceptors (Lipinski definition) is 8. The maximum atomic E-state index is 13.4. The average Bonchev–Trinajstić information content (AvgIpc) is 3.23. The smallest absolute Gasteiger partial charge is 0.264 e. The fourth-order valence-electron chi connectivity index (χ4n) is 2.70. The van der Waals surface area contributed by atoms with Crippen LogP contribution in [0.5, 0.6) is 5.75 Å². The van der Waals surface area contributed by atoms with Crippen LogP contribution >= 0.6 is 23.1 Å². The standard InChI is InChI=1S/C21H24N4O4S3/c1-15(2)14-30-21-24-23-20(31-21)22-19(26)13-25(17-11-7-8-12-18(17)29-3)32(27,28)16-9-5-4-6-10-16/h4-12,15H,13-14H2,1-3H3,(H,22,23,26). The van der Waals surface area contributed by atoms with Gasteiger partial charge in [0.2, 0.25) is 11.0 Å². The third kappa shape index (κ3) is 5.99. The number of benzene rings is 2. The molecule has 1 N–H and O–H groups in total. The second kappa shape index (κ2) is 10.8. The highest BCUT2D eigenvalue weighted by molar-refractivity contribution is 8.01. The highest BCUT2D eigenvalue weighted by Gasteiger charge is 2.29. The van der Waals surface area contributed by atoms with Gasteiger partial charge in [0.25, 0.3) is 10.0 Å². The molecule has 170 valence electrons. The lowest BCUT2D eigenvalue weighted by molar-refractivity contribution is -0.114. The molecule has 0 bridgehead atoms. The molecule has 0 unspecified atom stereocenters. The number of aromatic nitrogens is 2. The number of ether oxygens (including phenoxy) is 1. The van der Waals surface area contributed by atoms with E-state index in [1.54, 1.807) is 54.2 Å². The van der Waals surface area contributed by atoms with Gasteiger partial charge in [-0.1, -0.05) is 67.3 Å². The van der Waals surface area contributed by atoms with Crippen molar-refractivity contribution in [2.24, 2.45) is 5.92 Å². The minimum absolute atomic E-state index is 0.0713. The highest BCUT2D eigenvalue weighted by Crippen LogP contribution is 2.32. The lowest BCUT2D eigenvalue weighted by Gasteiger charge is -2.25. The lowest BCUT2D eigenvalue weighted by Crippen LogP contribution is -2.38. The van der Waals surface area contributed by atoms with Crippen molar-refractivity contribution in [3.63, 3.8) is 0 Å². The van der Waals surface area contributed by atoms with Crippen LogP contribution in [0.2, 0.25) is 0 Å². The van der Waals surface area contributed by atoms with Gasteiger partial charge in [-0.15, -0.1) is 10.2 Å². The number of carbonyl (C=O) groups is 1. The number of sulfonamides is 1. The number of anilines is 2. The monoisotopic (exact) mass is 492 g/mol. The fraction of sp³-hybridized carbons (Fsp3) is 0.286. The Morgan fingerprint density at radius 3 is 2.50 bits per heavy atom. The maximum Gasteiger partial charge on any atom is 0.264 e. The zero-order valence-corrected chi connectivity index (χ0v) is 20.3. The number of nitrogens with one attached hydrogen (secondary N) is 1. The van der Waals surface area contributed by atoms with E-state index in [1.165, 1.54) is 30.6 Å². The number of methoxy groups -OCH3 is 1. The van der Waals surface area contributed by atoms with E-state index in [0.717, 1.165) is 14.4 Å². The number of carbonyl (C=O) groups excluding carboxylic acids is 1. The van der Waals surface area contributed by atoms with E-state index in [-0.39, 0.29) is 10.6 Å². The van der Waals surface area contributed by atoms with E-state index < -0.39 is 22.5 Å². The van der Waals surface area contributed by atoms with Gasteiger partial charge in [0.05, 0.1) is 17.7 Å².